The lowest BCUT2D eigenvalue weighted by Crippen LogP contribution is -2.34. The van der Waals surface area contributed by atoms with Crippen molar-refractivity contribution >= 4 is 28.3 Å². The third-order valence-corrected chi connectivity index (χ3v) is 4.33. The first-order chi connectivity index (χ1) is 10.1. The van der Waals surface area contributed by atoms with Gasteiger partial charge in [0.1, 0.15) is 5.01 Å². The molecular weight excluding hydrogens is 288 g/mol. The molecule has 21 heavy (non-hydrogen) atoms. The van der Waals surface area contributed by atoms with Gasteiger partial charge in [-0.3, -0.25) is 9.59 Å². The number of nitrogens with zero attached hydrogens (tertiary/aromatic N) is 2. The van der Waals surface area contributed by atoms with Crippen molar-refractivity contribution < 1.29 is 9.59 Å². The van der Waals surface area contributed by atoms with E-state index in [-0.39, 0.29) is 30.7 Å². The first-order valence-corrected chi connectivity index (χ1v) is 8.34. The van der Waals surface area contributed by atoms with Crippen molar-refractivity contribution in [1.82, 2.24) is 15.5 Å². The number of hydrogen-bond acceptors (Lipinski definition) is 5. The van der Waals surface area contributed by atoms with Gasteiger partial charge in [0, 0.05) is 18.9 Å². The molecule has 1 aliphatic carbocycles. The first kappa shape index (κ1) is 15.9. The van der Waals surface area contributed by atoms with E-state index in [2.05, 4.69) is 20.8 Å². The van der Waals surface area contributed by atoms with Gasteiger partial charge in [-0.2, -0.15) is 0 Å². The van der Waals surface area contributed by atoms with Gasteiger partial charge >= 0.3 is 0 Å². The van der Waals surface area contributed by atoms with Crippen LogP contribution in [0.4, 0.5) is 5.13 Å². The molecule has 0 bridgehead atoms. The molecule has 0 spiro atoms. The standard InChI is InChI=1S/C14H22N4O2S/c1-10-17-18-14(21-10)16-13(20)9-8-12(19)15-11-6-4-2-3-5-7-11/h11H,2-9H2,1H3,(H,15,19)(H,16,18,20). The van der Waals surface area contributed by atoms with Crippen molar-refractivity contribution in [3.8, 4) is 0 Å². The largest absolute Gasteiger partial charge is 0.353 e. The number of nitrogens with one attached hydrogen (secondary N) is 2. The minimum Gasteiger partial charge on any atom is -0.353 e. The van der Waals surface area contributed by atoms with E-state index in [4.69, 9.17) is 0 Å². The maximum Gasteiger partial charge on any atom is 0.226 e. The van der Waals surface area contributed by atoms with Gasteiger partial charge in [0.2, 0.25) is 16.9 Å². The lowest BCUT2D eigenvalue weighted by Gasteiger charge is -2.15. The Labute approximate surface area is 128 Å². The van der Waals surface area contributed by atoms with E-state index < -0.39 is 0 Å². The number of anilines is 1. The predicted molar refractivity (Wildman–Crippen MR) is 82.1 cm³/mol. The number of hydrogen-bond donors (Lipinski definition) is 2. The second-order valence-electron chi connectivity index (χ2n) is 5.43. The van der Waals surface area contributed by atoms with Crippen molar-refractivity contribution in [2.45, 2.75) is 64.3 Å². The van der Waals surface area contributed by atoms with E-state index >= 15 is 0 Å². The van der Waals surface area contributed by atoms with Crippen LogP contribution in [-0.2, 0) is 9.59 Å². The molecule has 1 aromatic rings. The van der Waals surface area contributed by atoms with Crippen LogP contribution >= 0.6 is 11.3 Å². The van der Waals surface area contributed by atoms with E-state index in [1.54, 1.807) is 0 Å². The lowest BCUT2D eigenvalue weighted by molar-refractivity contribution is -0.124. The maximum absolute atomic E-state index is 11.9. The summed E-state index contributed by atoms with van der Waals surface area (Å²) in [5, 5.41) is 14.6. The summed E-state index contributed by atoms with van der Waals surface area (Å²) in [6.45, 7) is 1.83. The SMILES string of the molecule is Cc1nnc(NC(=O)CCC(=O)NC2CCCCCC2)s1. The van der Waals surface area contributed by atoms with Crippen LogP contribution in [0.5, 0.6) is 0 Å². The Bertz CT molecular complexity index is 481. The van der Waals surface area contributed by atoms with Crippen molar-refractivity contribution in [3.63, 3.8) is 0 Å². The molecule has 1 aliphatic rings. The van der Waals surface area contributed by atoms with Crippen molar-refractivity contribution in [2.24, 2.45) is 0 Å². The summed E-state index contributed by atoms with van der Waals surface area (Å²) < 4.78 is 0. The van der Waals surface area contributed by atoms with Crippen molar-refractivity contribution in [2.75, 3.05) is 5.32 Å². The Morgan fingerprint density at radius 1 is 1.10 bits per heavy atom. The van der Waals surface area contributed by atoms with E-state index in [9.17, 15) is 9.59 Å². The van der Waals surface area contributed by atoms with E-state index in [1.807, 2.05) is 6.92 Å². The molecule has 2 N–H and O–H groups in total. The Morgan fingerprint density at radius 2 is 1.76 bits per heavy atom. The maximum atomic E-state index is 11.9. The van der Waals surface area contributed by atoms with Crippen LogP contribution in [0.2, 0.25) is 0 Å². The molecule has 1 saturated carbocycles. The van der Waals surface area contributed by atoms with Crippen LogP contribution in [0.3, 0.4) is 0 Å². The molecule has 116 valence electrons. The quantitative estimate of drug-likeness (QED) is 0.818. The van der Waals surface area contributed by atoms with Gasteiger partial charge in [0.25, 0.3) is 0 Å². The zero-order valence-corrected chi connectivity index (χ0v) is 13.2. The minimum atomic E-state index is -0.192. The highest BCUT2D eigenvalue weighted by Gasteiger charge is 2.15. The van der Waals surface area contributed by atoms with Crippen LogP contribution < -0.4 is 10.6 Å². The van der Waals surface area contributed by atoms with Gasteiger partial charge in [0.15, 0.2) is 0 Å². The molecule has 0 radical (unpaired) electrons. The van der Waals surface area contributed by atoms with E-state index in [0.29, 0.717) is 5.13 Å². The van der Waals surface area contributed by atoms with E-state index in [1.165, 1.54) is 37.0 Å². The summed E-state index contributed by atoms with van der Waals surface area (Å²) in [6, 6.07) is 0.286. The average Bonchev–Trinajstić information content (AvgIpc) is 2.70. The van der Waals surface area contributed by atoms with Gasteiger partial charge in [-0.1, -0.05) is 37.0 Å². The fourth-order valence-corrected chi connectivity index (χ4v) is 3.09. The number of rotatable bonds is 5. The summed E-state index contributed by atoms with van der Waals surface area (Å²) in [7, 11) is 0. The normalized spacial score (nSPS) is 16.2. The van der Waals surface area contributed by atoms with Gasteiger partial charge in [0.05, 0.1) is 0 Å². The summed E-state index contributed by atoms with van der Waals surface area (Å²) in [6.07, 6.45) is 7.40. The Kier molecular flexibility index (Phi) is 6.10. The summed E-state index contributed by atoms with van der Waals surface area (Å²) in [5.41, 5.74) is 0. The molecular formula is C14H22N4O2S. The Morgan fingerprint density at radius 3 is 2.38 bits per heavy atom. The third-order valence-electron chi connectivity index (χ3n) is 3.57. The fourth-order valence-electron chi connectivity index (χ4n) is 2.48. The second kappa shape index (κ2) is 8.07. The van der Waals surface area contributed by atoms with Gasteiger partial charge in [-0.25, -0.2) is 0 Å². The predicted octanol–water partition coefficient (Wildman–Crippen LogP) is 2.40. The molecule has 7 heteroatoms. The number of aromatic nitrogens is 2. The molecule has 0 aromatic carbocycles. The summed E-state index contributed by atoms with van der Waals surface area (Å²) in [5.74, 6) is -0.229. The molecule has 1 fully saturated rings. The smallest absolute Gasteiger partial charge is 0.226 e. The highest BCUT2D eigenvalue weighted by Crippen LogP contribution is 2.17. The number of carbonyl (C=O) groups excluding carboxylic acids is 2. The number of amides is 2. The Hall–Kier alpha value is -1.50. The molecule has 2 amide bonds. The molecule has 6 nitrogen and oxygen atoms in total. The molecule has 1 aromatic heterocycles. The summed E-state index contributed by atoms with van der Waals surface area (Å²) >= 11 is 1.33. The van der Waals surface area contributed by atoms with Gasteiger partial charge < -0.3 is 10.6 Å². The lowest BCUT2D eigenvalue weighted by atomic mass is 10.1. The molecule has 0 aliphatic heterocycles. The van der Waals surface area contributed by atoms with Crippen LogP contribution in [-0.4, -0.2) is 28.1 Å². The molecule has 0 atom stereocenters. The fraction of sp³-hybridized carbons (Fsp3) is 0.714. The molecule has 0 unspecified atom stereocenters. The average molecular weight is 310 g/mol. The highest BCUT2D eigenvalue weighted by molar-refractivity contribution is 7.15. The zero-order valence-electron chi connectivity index (χ0n) is 12.4. The van der Waals surface area contributed by atoms with Crippen LogP contribution in [0.25, 0.3) is 0 Å². The number of aryl methyl sites for hydroxylation is 1. The van der Waals surface area contributed by atoms with Crippen molar-refractivity contribution in [3.05, 3.63) is 5.01 Å². The second-order valence-corrected chi connectivity index (χ2v) is 6.61. The minimum absolute atomic E-state index is 0.0366. The molecule has 0 saturated heterocycles. The number of carbonyl (C=O) groups is 2. The monoisotopic (exact) mass is 310 g/mol. The first-order valence-electron chi connectivity index (χ1n) is 7.53. The topological polar surface area (TPSA) is 84.0 Å². The summed E-state index contributed by atoms with van der Waals surface area (Å²) in [4.78, 5) is 23.6. The zero-order chi connectivity index (χ0) is 15.1. The van der Waals surface area contributed by atoms with Crippen molar-refractivity contribution in [1.29, 1.82) is 0 Å². The third kappa shape index (κ3) is 5.79. The van der Waals surface area contributed by atoms with Gasteiger partial charge in [-0.15, -0.1) is 10.2 Å². The Balaban J connectivity index is 1.66. The van der Waals surface area contributed by atoms with Crippen LogP contribution in [0.15, 0.2) is 0 Å². The highest BCUT2D eigenvalue weighted by atomic mass is 32.1. The van der Waals surface area contributed by atoms with E-state index in [0.717, 1.165) is 17.8 Å². The van der Waals surface area contributed by atoms with Crippen LogP contribution in [0.1, 0.15) is 56.4 Å². The molecule has 1 heterocycles. The molecule has 2 rings (SSSR count). The van der Waals surface area contributed by atoms with Crippen LogP contribution in [0, 0.1) is 6.92 Å². The van der Waals surface area contributed by atoms with Gasteiger partial charge in [-0.05, 0) is 19.8 Å².